The third-order valence-electron chi connectivity index (χ3n) is 5.49. The molecule has 34 heavy (non-hydrogen) atoms. The fourth-order valence-electron chi connectivity index (χ4n) is 3.65. The highest BCUT2D eigenvalue weighted by Gasteiger charge is 2.19. The predicted molar refractivity (Wildman–Crippen MR) is 137 cm³/mol. The first kappa shape index (κ1) is 24.6. The molecule has 1 aliphatic rings. The Hall–Kier alpha value is -2.50. The van der Waals surface area contributed by atoms with Crippen LogP contribution in [-0.4, -0.2) is 70.2 Å². The number of aryl methyl sites for hydroxylation is 1. The van der Waals surface area contributed by atoms with E-state index in [0.717, 1.165) is 32.0 Å². The van der Waals surface area contributed by atoms with Crippen molar-refractivity contribution in [1.82, 2.24) is 19.9 Å². The molecule has 1 aliphatic heterocycles. The maximum atomic E-state index is 12.8. The number of rotatable bonds is 7. The largest absolute Gasteiger partial charge is 0.395 e. The second-order valence-electron chi connectivity index (χ2n) is 7.85. The molecule has 3 heterocycles. The van der Waals surface area contributed by atoms with Gasteiger partial charge in [-0.3, -0.25) is 9.69 Å². The third-order valence-corrected chi connectivity index (χ3v) is 7.12. The summed E-state index contributed by atoms with van der Waals surface area (Å²) >= 11 is 13.6. The summed E-state index contributed by atoms with van der Waals surface area (Å²) in [5, 5.41) is 16.6. The zero-order valence-electron chi connectivity index (χ0n) is 18.8. The van der Waals surface area contributed by atoms with Crippen molar-refractivity contribution >= 4 is 62.9 Å². The molecule has 0 saturated carbocycles. The van der Waals surface area contributed by atoms with Gasteiger partial charge in [0.05, 0.1) is 23.5 Å². The molecule has 0 atom stereocenters. The molecule has 0 unspecified atom stereocenters. The molecule has 0 spiro atoms. The molecule has 9 nitrogen and oxygen atoms in total. The van der Waals surface area contributed by atoms with E-state index in [4.69, 9.17) is 28.3 Å². The molecule has 0 bridgehead atoms. The Morgan fingerprint density at radius 2 is 1.88 bits per heavy atom. The van der Waals surface area contributed by atoms with Gasteiger partial charge < -0.3 is 20.6 Å². The van der Waals surface area contributed by atoms with Gasteiger partial charge in [0.2, 0.25) is 0 Å². The fourth-order valence-corrected chi connectivity index (χ4v) is 4.78. The van der Waals surface area contributed by atoms with Gasteiger partial charge in [-0.15, -0.1) is 0 Å². The lowest BCUT2D eigenvalue weighted by molar-refractivity contribution is 0.103. The molecule has 3 aromatic rings. The summed E-state index contributed by atoms with van der Waals surface area (Å²) in [5.41, 5.74) is 1.18. The van der Waals surface area contributed by atoms with E-state index in [1.54, 1.807) is 19.1 Å². The van der Waals surface area contributed by atoms with E-state index < -0.39 is 0 Å². The van der Waals surface area contributed by atoms with Gasteiger partial charge in [0.1, 0.15) is 22.3 Å². The molecule has 4 rings (SSSR count). The molecule has 0 radical (unpaired) electrons. The summed E-state index contributed by atoms with van der Waals surface area (Å²) in [4.78, 5) is 31.0. The van der Waals surface area contributed by atoms with Crippen molar-refractivity contribution < 1.29 is 9.90 Å². The SMILES string of the molecule is Cc1nc(Nc2ncc(C(=O)Nc3c(Cl)ccc(Cl)c3C)s2)cc(N2CCN(CCO)CC2)n1. The molecular weight excluding hydrogens is 497 g/mol. The molecule has 1 aromatic carbocycles. The smallest absolute Gasteiger partial charge is 0.267 e. The minimum atomic E-state index is -0.321. The molecule has 12 heteroatoms. The van der Waals surface area contributed by atoms with Gasteiger partial charge in [0.25, 0.3) is 5.91 Å². The first-order valence-electron chi connectivity index (χ1n) is 10.8. The highest BCUT2D eigenvalue weighted by molar-refractivity contribution is 7.17. The van der Waals surface area contributed by atoms with E-state index in [0.29, 0.717) is 49.5 Å². The van der Waals surface area contributed by atoms with Crippen LogP contribution in [0.5, 0.6) is 0 Å². The van der Waals surface area contributed by atoms with E-state index >= 15 is 0 Å². The number of anilines is 4. The number of benzene rings is 1. The summed E-state index contributed by atoms with van der Waals surface area (Å²) in [7, 11) is 0. The zero-order valence-corrected chi connectivity index (χ0v) is 21.1. The van der Waals surface area contributed by atoms with Crippen molar-refractivity contribution in [3.8, 4) is 0 Å². The first-order chi connectivity index (χ1) is 16.3. The van der Waals surface area contributed by atoms with Gasteiger partial charge in [-0.2, -0.15) is 0 Å². The van der Waals surface area contributed by atoms with Crippen LogP contribution in [0.1, 0.15) is 21.1 Å². The highest BCUT2D eigenvalue weighted by Crippen LogP contribution is 2.32. The second-order valence-corrected chi connectivity index (χ2v) is 9.69. The summed E-state index contributed by atoms with van der Waals surface area (Å²) in [6.07, 6.45) is 1.51. The minimum Gasteiger partial charge on any atom is -0.395 e. The molecule has 180 valence electrons. The molecule has 0 aliphatic carbocycles. The molecule has 1 fully saturated rings. The van der Waals surface area contributed by atoms with Crippen molar-refractivity contribution in [3.05, 3.63) is 50.7 Å². The maximum Gasteiger partial charge on any atom is 0.267 e. The van der Waals surface area contributed by atoms with Gasteiger partial charge in [-0.1, -0.05) is 34.5 Å². The van der Waals surface area contributed by atoms with Crippen molar-refractivity contribution in [1.29, 1.82) is 0 Å². The number of hydrogen-bond acceptors (Lipinski definition) is 9. The number of aliphatic hydroxyl groups excluding tert-OH is 1. The number of carbonyl (C=O) groups excluding carboxylic acids is 1. The van der Waals surface area contributed by atoms with Gasteiger partial charge in [0.15, 0.2) is 5.13 Å². The Morgan fingerprint density at radius 3 is 2.62 bits per heavy atom. The van der Waals surface area contributed by atoms with E-state index in [1.165, 1.54) is 17.5 Å². The summed E-state index contributed by atoms with van der Waals surface area (Å²) in [6.45, 7) is 7.87. The Balaban J connectivity index is 1.44. The van der Waals surface area contributed by atoms with Crippen LogP contribution in [-0.2, 0) is 0 Å². The Bertz CT molecular complexity index is 1180. The van der Waals surface area contributed by atoms with Crippen molar-refractivity contribution in [2.45, 2.75) is 13.8 Å². The lowest BCUT2D eigenvalue weighted by Gasteiger charge is -2.35. The number of amides is 1. The third kappa shape index (κ3) is 5.76. The van der Waals surface area contributed by atoms with E-state index in [9.17, 15) is 4.79 Å². The number of hydrogen-bond donors (Lipinski definition) is 3. The Morgan fingerprint density at radius 1 is 1.15 bits per heavy atom. The number of piperazine rings is 1. The van der Waals surface area contributed by atoms with E-state index in [2.05, 4.69) is 35.4 Å². The number of nitrogens with one attached hydrogen (secondary N) is 2. The van der Waals surface area contributed by atoms with Crippen molar-refractivity contribution in [2.24, 2.45) is 0 Å². The number of carbonyl (C=O) groups is 1. The average molecular weight is 522 g/mol. The van der Waals surface area contributed by atoms with Crippen LogP contribution in [0.4, 0.5) is 22.5 Å². The van der Waals surface area contributed by atoms with E-state index in [1.807, 2.05) is 13.0 Å². The molecule has 1 saturated heterocycles. The normalized spacial score (nSPS) is 14.3. The Labute approximate surface area is 211 Å². The number of β-amino-alcohol motifs (C(OH)–C–C–N with tert-alkyl or cyclic N) is 1. The predicted octanol–water partition coefficient (Wildman–Crippen LogP) is 3.97. The highest BCUT2D eigenvalue weighted by atomic mass is 35.5. The van der Waals surface area contributed by atoms with Crippen LogP contribution in [0.3, 0.4) is 0 Å². The average Bonchev–Trinajstić information content (AvgIpc) is 3.28. The number of aromatic nitrogens is 3. The van der Waals surface area contributed by atoms with Crippen LogP contribution < -0.4 is 15.5 Å². The summed E-state index contributed by atoms with van der Waals surface area (Å²) in [5.74, 6) is 1.76. The standard InChI is InChI=1S/C22H25Cl2N7O2S/c1-13-15(23)3-4-16(24)20(13)29-21(33)17-12-25-22(34-17)28-18-11-19(27-14(2)26-18)31-7-5-30(6-8-31)9-10-32/h3-4,11-12,32H,5-10H2,1-2H3,(H,29,33)(H,25,26,27,28). The van der Waals surface area contributed by atoms with Gasteiger partial charge >= 0.3 is 0 Å². The van der Waals surface area contributed by atoms with Crippen LogP contribution >= 0.6 is 34.5 Å². The second kappa shape index (κ2) is 10.8. The molecule has 3 N–H and O–H groups in total. The topological polar surface area (TPSA) is 107 Å². The van der Waals surface area contributed by atoms with Crippen LogP contribution in [0.15, 0.2) is 24.4 Å². The van der Waals surface area contributed by atoms with Crippen molar-refractivity contribution in [2.75, 3.05) is 54.9 Å². The summed E-state index contributed by atoms with van der Waals surface area (Å²) in [6, 6.07) is 5.22. The number of nitrogens with zero attached hydrogens (tertiary/aromatic N) is 5. The minimum absolute atomic E-state index is 0.167. The molecule has 1 amide bonds. The van der Waals surface area contributed by atoms with Gasteiger partial charge in [-0.25, -0.2) is 15.0 Å². The van der Waals surface area contributed by atoms with Crippen LogP contribution in [0.25, 0.3) is 0 Å². The first-order valence-corrected chi connectivity index (χ1v) is 12.3. The summed E-state index contributed by atoms with van der Waals surface area (Å²) < 4.78 is 0. The molecule has 2 aromatic heterocycles. The van der Waals surface area contributed by atoms with Crippen LogP contribution in [0, 0.1) is 13.8 Å². The van der Waals surface area contributed by atoms with Gasteiger partial charge in [0, 0.05) is 43.8 Å². The lowest BCUT2D eigenvalue weighted by atomic mass is 10.2. The van der Waals surface area contributed by atoms with Gasteiger partial charge in [-0.05, 0) is 31.5 Å². The molecular formula is C22H25Cl2N7O2S. The van der Waals surface area contributed by atoms with Crippen molar-refractivity contribution in [3.63, 3.8) is 0 Å². The van der Waals surface area contributed by atoms with Crippen LogP contribution in [0.2, 0.25) is 10.0 Å². The number of thiazole rings is 1. The lowest BCUT2D eigenvalue weighted by Crippen LogP contribution is -2.47. The maximum absolute atomic E-state index is 12.8. The monoisotopic (exact) mass is 521 g/mol. The Kier molecular flexibility index (Phi) is 7.84. The number of halogens is 2. The van der Waals surface area contributed by atoms with E-state index in [-0.39, 0.29) is 12.5 Å². The number of aliphatic hydroxyl groups is 1. The fraction of sp³-hybridized carbons (Fsp3) is 0.364. The quantitative estimate of drug-likeness (QED) is 0.428. The zero-order chi connectivity index (χ0) is 24.2.